The molecule has 0 aliphatic rings. The summed E-state index contributed by atoms with van der Waals surface area (Å²) in [6.45, 7) is 0.0945. The molecule has 0 saturated heterocycles. The number of rotatable bonds is 6. The second-order valence-corrected chi connectivity index (χ2v) is 5.18. The molecule has 4 nitrogen and oxygen atoms in total. The number of nitrogens with two attached hydrogens (primary N) is 1. The fraction of sp³-hybridized carbons (Fsp3) is 0.176. The fourth-order valence-electron chi connectivity index (χ4n) is 2.16. The molecule has 0 aliphatic carbocycles. The van der Waals surface area contributed by atoms with Crippen LogP contribution in [0.3, 0.4) is 0 Å². The number of primary amides is 1. The highest BCUT2D eigenvalue weighted by Gasteiger charge is 2.20. The third-order valence-corrected chi connectivity index (χ3v) is 3.36. The van der Waals surface area contributed by atoms with Crippen LogP contribution in [0, 0.1) is 17.5 Å². The molecular formula is C17H15F3N2O2. The number of hydrogen-bond acceptors (Lipinski definition) is 2. The van der Waals surface area contributed by atoms with Gasteiger partial charge in [-0.15, -0.1) is 0 Å². The van der Waals surface area contributed by atoms with Gasteiger partial charge in [0.15, 0.2) is 17.5 Å². The van der Waals surface area contributed by atoms with Crippen molar-refractivity contribution in [2.24, 2.45) is 5.73 Å². The number of carbonyl (C=O) groups excluding carboxylic acids is 2. The van der Waals surface area contributed by atoms with Gasteiger partial charge in [-0.05, 0) is 17.7 Å². The maximum Gasteiger partial charge on any atom is 0.254 e. The van der Waals surface area contributed by atoms with Gasteiger partial charge in [-0.2, -0.15) is 0 Å². The lowest BCUT2D eigenvalue weighted by molar-refractivity contribution is -0.118. The van der Waals surface area contributed by atoms with E-state index in [1.807, 2.05) is 0 Å². The molecule has 24 heavy (non-hydrogen) atoms. The number of carbonyl (C=O) groups is 2. The van der Waals surface area contributed by atoms with E-state index in [0.717, 1.165) is 5.56 Å². The van der Waals surface area contributed by atoms with Gasteiger partial charge in [0.2, 0.25) is 5.91 Å². The number of halogens is 3. The van der Waals surface area contributed by atoms with Crippen molar-refractivity contribution >= 4 is 11.8 Å². The van der Waals surface area contributed by atoms with Gasteiger partial charge in [-0.3, -0.25) is 9.59 Å². The van der Waals surface area contributed by atoms with Crippen LogP contribution in [0.4, 0.5) is 13.2 Å². The van der Waals surface area contributed by atoms with Crippen molar-refractivity contribution in [3.8, 4) is 0 Å². The summed E-state index contributed by atoms with van der Waals surface area (Å²) < 4.78 is 39.7. The first-order chi connectivity index (χ1) is 11.4. The molecule has 0 spiro atoms. The van der Waals surface area contributed by atoms with E-state index >= 15 is 0 Å². The third kappa shape index (κ3) is 4.34. The number of nitrogens with zero attached hydrogens (tertiary/aromatic N) is 1. The zero-order valence-corrected chi connectivity index (χ0v) is 12.6. The maximum absolute atomic E-state index is 13.3. The van der Waals surface area contributed by atoms with Crippen molar-refractivity contribution < 1.29 is 22.8 Å². The molecule has 0 bridgehead atoms. The molecule has 2 N–H and O–H groups in total. The first kappa shape index (κ1) is 17.5. The van der Waals surface area contributed by atoms with E-state index in [2.05, 4.69) is 0 Å². The first-order valence-electron chi connectivity index (χ1n) is 7.14. The summed E-state index contributed by atoms with van der Waals surface area (Å²) in [6.07, 6.45) is -0.106. The van der Waals surface area contributed by atoms with E-state index in [9.17, 15) is 22.8 Å². The highest BCUT2D eigenvalue weighted by Crippen LogP contribution is 2.17. The van der Waals surface area contributed by atoms with Crippen molar-refractivity contribution in [3.63, 3.8) is 0 Å². The molecule has 7 heteroatoms. The average molecular weight is 336 g/mol. The average Bonchev–Trinajstić information content (AvgIpc) is 2.56. The van der Waals surface area contributed by atoms with Gasteiger partial charge in [0.05, 0.1) is 0 Å². The summed E-state index contributed by atoms with van der Waals surface area (Å²) in [5.41, 5.74) is 5.52. The minimum Gasteiger partial charge on any atom is -0.370 e. The SMILES string of the molecule is NC(=O)CCN(Cc1ccccc1)C(=O)c1cc(F)c(F)c(F)c1. The minimum absolute atomic E-state index is 0.0241. The number of benzene rings is 2. The summed E-state index contributed by atoms with van der Waals surface area (Å²) in [7, 11) is 0. The van der Waals surface area contributed by atoms with Crippen molar-refractivity contribution in [3.05, 3.63) is 71.0 Å². The van der Waals surface area contributed by atoms with Crippen LogP contribution in [0.5, 0.6) is 0 Å². The van der Waals surface area contributed by atoms with E-state index < -0.39 is 29.3 Å². The largest absolute Gasteiger partial charge is 0.370 e. The zero-order chi connectivity index (χ0) is 17.7. The highest BCUT2D eigenvalue weighted by atomic mass is 19.2. The first-order valence-corrected chi connectivity index (χ1v) is 7.14. The van der Waals surface area contributed by atoms with Gasteiger partial charge in [0.1, 0.15) is 0 Å². The molecule has 0 heterocycles. The van der Waals surface area contributed by atoms with Crippen molar-refractivity contribution in [2.45, 2.75) is 13.0 Å². The standard InChI is InChI=1S/C17H15F3N2O2/c18-13-8-12(9-14(19)16(13)20)17(24)22(7-6-15(21)23)10-11-4-2-1-3-5-11/h1-5,8-9H,6-7,10H2,(H2,21,23). The Labute approximate surface area is 136 Å². The van der Waals surface area contributed by atoms with Crippen LogP contribution in [0.25, 0.3) is 0 Å². The molecule has 0 unspecified atom stereocenters. The Bertz CT molecular complexity index is 728. The second-order valence-electron chi connectivity index (χ2n) is 5.18. The van der Waals surface area contributed by atoms with Gasteiger partial charge < -0.3 is 10.6 Å². The lowest BCUT2D eigenvalue weighted by Gasteiger charge is -2.22. The minimum atomic E-state index is -1.64. The number of hydrogen-bond donors (Lipinski definition) is 1. The van der Waals surface area contributed by atoms with E-state index in [1.54, 1.807) is 30.3 Å². The molecular weight excluding hydrogens is 321 g/mol. The smallest absolute Gasteiger partial charge is 0.254 e. The van der Waals surface area contributed by atoms with Crippen LogP contribution in [-0.4, -0.2) is 23.3 Å². The molecule has 2 aromatic rings. The van der Waals surface area contributed by atoms with Crippen molar-refractivity contribution in [1.29, 1.82) is 0 Å². The molecule has 0 aromatic heterocycles. The van der Waals surface area contributed by atoms with Gasteiger partial charge in [-0.1, -0.05) is 30.3 Å². The zero-order valence-electron chi connectivity index (χ0n) is 12.6. The van der Waals surface area contributed by atoms with E-state index in [0.29, 0.717) is 12.1 Å². The van der Waals surface area contributed by atoms with E-state index in [-0.39, 0.29) is 25.1 Å². The van der Waals surface area contributed by atoms with Crippen LogP contribution in [0.1, 0.15) is 22.3 Å². The topological polar surface area (TPSA) is 63.4 Å². The fourth-order valence-corrected chi connectivity index (χ4v) is 2.16. The van der Waals surface area contributed by atoms with E-state index in [4.69, 9.17) is 5.73 Å². The van der Waals surface area contributed by atoms with Crippen molar-refractivity contribution in [1.82, 2.24) is 4.90 Å². The predicted molar refractivity (Wildman–Crippen MR) is 81.3 cm³/mol. The van der Waals surface area contributed by atoms with Gasteiger partial charge in [-0.25, -0.2) is 13.2 Å². The summed E-state index contributed by atoms with van der Waals surface area (Å²) in [5, 5.41) is 0. The molecule has 0 saturated carbocycles. The van der Waals surface area contributed by atoms with Crippen LogP contribution < -0.4 is 5.73 Å². The lowest BCUT2D eigenvalue weighted by Crippen LogP contribution is -2.33. The predicted octanol–water partition coefficient (Wildman–Crippen LogP) is 2.62. The summed E-state index contributed by atoms with van der Waals surface area (Å²) in [4.78, 5) is 24.7. The monoisotopic (exact) mass is 336 g/mol. The summed E-state index contributed by atoms with van der Waals surface area (Å²) >= 11 is 0. The quantitative estimate of drug-likeness (QED) is 0.824. The van der Waals surface area contributed by atoms with Crippen molar-refractivity contribution in [2.75, 3.05) is 6.54 Å². The molecule has 2 amide bonds. The van der Waals surface area contributed by atoms with Gasteiger partial charge in [0.25, 0.3) is 5.91 Å². The Hall–Kier alpha value is -2.83. The Balaban J connectivity index is 2.28. The molecule has 2 aromatic carbocycles. The maximum atomic E-state index is 13.3. The van der Waals surface area contributed by atoms with E-state index in [1.165, 1.54) is 4.90 Å². The van der Waals surface area contributed by atoms with Crippen LogP contribution in [0.2, 0.25) is 0 Å². The Kier molecular flexibility index (Phi) is 5.57. The molecule has 126 valence electrons. The molecule has 2 rings (SSSR count). The highest BCUT2D eigenvalue weighted by molar-refractivity contribution is 5.94. The normalized spacial score (nSPS) is 10.5. The lowest BCUT2D eigenvalue weighted by atomic mass is 10.1. The van der Waals surface area contributed by atoms with Gasteiger partial charge in [0, 0.05) is 25.1 Å². The van der Waals surface area contributed by atoms with Gasteiger partial charge >= 0.3 is 0 Å². The second kappa shape index (κ2) is 7.63. The molecule has 0 aliphatic heterocycles. The Morgan fingerprint density at radius 3 is 2.12 bits per heavy atom. The van der Waals surface area contributed by atoms with Crippen LogP contribution in [-0.2, 0) is 11.3 Å². The van der Waals surface area contributed by atoms with Crippen LogP contribution in [0.15, 0.2) is 42.5 Å². The third-order valence-electron chi connectivity index (χ3n) is 3.36. The van der Waals surface area contributed by atoms with Crippen LogP contribution >= 0.6 is 0 Å². The summed E-state index contributed by atoms with van der Waals surface area (Å²) in [6, 6.07) is 10.1. The Morgan fingerprint density at radius 1 is 1.00 bits per heavy atom. The molecule has 0 atom stereocenters. The molecule has 0 radical (unpaired) electrons. The summed E-state index contributed by atoms with van der Waals surface area (Å²) in [5.74, 6) is -5.88. The Morgan fingerprint density at radius 2 is 1.58 bits per heavy atom. The number of amides is 2. The molecule has 0 fully saturated rings.